The second-order valence-electron chi connectivity index (χ2n) is 5.75. The zero-order valence-electron chi connectivity index (χ0n) is 10.9. The molecule has 1 spiro atoms. The average molecular weight is 303 g/mol. The maximum absolute atomic E-state index is 11.8. The molecule has 2 fully saturated rings. The highest BCUT2D eigenvalue weighted by Crippen LogP contribution is 2.50. The molecule has 10 heteroatoms. The third-order valence-electron chi connectivity index (χ3n) is 4.60. The van der Waals surface area contributed by atoms with E-state index in [4.69, 9.17) is 10.5 Å². The number of nitrogens with zero attached hydrogens (tertiary/aromatic N) is 1. The van der Waals surface area contributed by atoms with Gasteiger partial charge in [-0.1, -0.05) is 0 Å². The van der Waals surface area contributed by atoms with Gasteiger partial charge in [0.1, 0.15) is 6.10 Å². The Morgan fingerprint density at radius 3 is 2.71 bits per heavy atom. The molecule has 118 valence electrons. The van der Waals surface area contributed by atoms with E-state index >= 15 is 0 Å². The van der Waals surface area contributed by atoms with Crippen molar-refractivity contribution in [2.45, 2.75) is 36.2 Å². The summed E-state index contributed by atoms with van der Waals surface area (Å²) in [7, 11) is 0. The number of aliphatic hydroxyl groups is 5. The summed E-state index contributed by atoms with van der Waals surface area (Å²) in [6.07, 6.45) is -5.09. The third kappa shape index (κ3) is 1.71. The number of esters is 1. The van der Waals surface area contributed by atoms with Crippen molar-refractivity contribution >= 4 is 11.9 Å². The molecule has 0 aromatic carbocycles. The summed E-state index contributed by atoms with van der Waals surface area (Å²) in [5.74, 6) is -3.75. The van der Waals surface area contributed by atoms with Crippen LogP contribution in [0.1, 0.15) is 6.42 Å². The minimum Gasteiger partial charge on any atom is -0.434 e. The zero-order valence-corrected chi connectivity index (χ0v) is 10.9. The first-order chi connectivity index (χ1) is 9.75. The molecule has 21 heavy (non-hydrogen) atoms. The molecular weight excluding hydrogens is 286 g/mol. The summed E-state index contributed by atoms with van der Waals surface area (Å²) in [6.45, 7) is -0.808. The molecular formula is C11H17N3O7. The van der Waals surface area contributed by atoms with Crippen LogP contribution in [0.2, 0.25) is 0 Å². The standard InChI is InChI=1S/C11H17N3O7/c12-9-13-7(18)3-1-10(20,2-15)4-5(16)8(19)21-11(3,14-9)6(4)17/h3-7,15-18,20H,1-2H2,(H3,12,13,14). The van der Waals surface area contributed by atoms with Gasteiger partial charge in [0.25, 0.3) is 0 Å². The van der Waals surface area contributed by atoms with Crippen LogP contribution in [0.3, 0.4) is 0 Å². The van der Waals surface area contributed by atoms with E-state index in [0.717, 1.165) is 0 Å². The third-order valence-corrected chi connectivity index (χ3v) is 4.60. The van der Waals surface area contributed by atoms with Gasteiger partial charge < -0.3 is 41.3 Å². The molecule has 8 N–H and O–H groups in total. The molecule has 3 aliphatic rings. The highest BCUT2D eigenvalue weighted by atomic mass is 16.6. The largest absolute Gasteiger partial charge is 0.434 e. The van der Waals surface area contributed by atoms with Crippen LogP contribution in [-0.2, 0) is 9.53 Å². The molecule has 0 aromatic heterocycles. The fourth-order valence-electron chi connectivity index (χ4n) is 3.58. The van der Waals surface area contributed by atoms with Crippen molar-refractivity contribution in [1.82, 2.24) is 5.32 Å². The Labute approximate surface area is 118 Å². The predicted octanol–water partition coefficient (Wildman–Crippen LogP) is -4.44. The van der Waals surface area contributed by atoms with Crippen molar-refractivity contribution in [2.24, 2.45) is 22.6 Å². The second-order valence-corrected chi connectivity index (χ2v) is 5.75. The number of aliphatic hydroxyl groups excluding tert-OH is 4. The molecule has 7 unspecified atom stereocenters. The van der Waals surface area contributed by atoms with Crippen LogP contribution >= 0.6 is 0 Å². The molecule has 10 nitrogen and oxygen atoms in total. The van der Waals surface area contributed by atoms with E-state index in [2.05, 4.69) is 10.3 Å². The van der Waals surface area contributed by atoms with E-state index in [1.165, 1.54) is 0 Å². The van der Waals surface area contributed by atoms with Crippen molar-refractivity contribution < 1.29 is 35.1 Å². The van der Waals surface area contributed by atoms with E-state index in [0.29, 0.717) is 0 Å². The lowest BCUT2D eigenvalue weighted by atomic mass is 9.60. The van der Waals surface area contributed by atoms with Crippen molar-refractivity contribution in [2.75, 3.05) is 6.61 Å². The number of nitrogens with one attached hydrogen (secondary N) is 1. The number of hydrogen-bond acceptors (Lipinski definition) is 10. The molecule has 3 rings (SSSR count). The smallest absolute Gasteiger partial charge is 0.337 e. The Bertz CT molecular complexity index is 514. The molecule has 1 aliphatic carbocycles. The summed E-state index contributed by atoms with van der Waals surface area (Å²) in [5.41, 5.74) is 1.75. The Hall–Kier alpha value is -1.46. The normalized spacial score (nSPS) is 52.3. The summed E-state index contributed by atoms with van der Waals surface area (Å²) in [5, 5.41) is 52.8. The lowest BCUT2D eigenvalue weighted by Gasteiger charge is -2.60. The van der Waals surface area contributed by atoms with Crippen LogP contribution < -0.4 is 11.1 Å². The molecule has 2 aliphatic heterocycles. The van der Waals surface area contributed by atoms with Gasteiger partial charge in [-0.05, 0) is 6.42 Å². The molecule has 2 bridgehead atoms. The van der Waals surface area contributed by atoms with E-state index < -0.39 is 54.2 Å². The van der Waals surface area contributed by atoms with Gasteiger partial charge in [-0.15, -0.1) is 0 Å². The second kappa shape index (κ2) is 4.27. The average Bonchev–Trinajstić information content (AvgIpc) is 2.40. The van der Waals surface area contributed by atoms with Crippen LogP contribution in [-0.4, -0.2) is 73.8 Å². The number of fused-ring (bicyclic) bond motifs is 1. The minimum atomic E-state index is -1.96. The van der Waals surface area contributed by atoms with Gasteiger partial charge in [0.15, 0.2) is 18.3 Å². The summed E-state index contributed by atoms with van der Waals surface area (Å²) in [4.78, 5) is 15.5. The van der Waals surface area contributed by atoms with E-state index in [-0.39, 0.29) is 12.4 Å². The van der Waals surface area contributed by atoms with Crippen molar-refractivity contribution in [1.29, 1.82) is 0 Å². The van der Waals surface area contributed by atoms with Gasteiger partial charge in [0.05, 0.1) is 24.0 Å². The van der Waals surface area contributed by atoms with Gasteiger partial charge >= 0.3 is 5.97 Å². The van der Waals surface area contributed by atoms with Gasteiger partial charge in [-0.2, -0.15) is 0 Å². The highest BCUT2D eigenvalue weighted by molar-refractivity contribution is 5.82. The number of hydrogen-bond donors (Lipinski definition) is 7. The summed E-state index contributed by atoms with van der Waals surface area (Å²) < 4.78 is 5.09. The fraction of sp³-hybridized carbons (Fsp3) is 0.818. The number of carbonyl (C=O) groups excluding carboxylic acids is 1. The summed E-state index contributed by atoms with van der Waals surface area (Å²) in [6, 6.07) is 0. The number of rotatable bonds is 1. The summed E-state index contributed by atoms with van der Waals surface area (Å²) >= 11 is 0. The molecule has 1 saturated heterocycles. The first kappa shape index (κ1) is 14.5. The predicted molar refractivity (Wildman–Crippen MR) is 65.2 cm³/mol. The first-order valence-corrected chi connectivity index (χ1v) is 6.47. The van der Waals surface area contributed by atoms with Crippen molar-refractivity contribution in [3.63, 3.8) is 0 Å². The Morgan fingerprint density at radius 2 is 2.10 bits per heavy atom. The van der Waals surface area contributed by atoms with Crippen LogP contribution in [0, 0.1) is 11.8 Å². The van der Waals surface area contributed by atoms with Crippen molar-refractivity contribution in [3.05, 3.63) is 0 Å². The fourth-order valence-corrected chi connectivity index (χ4v) is 3.58. The van der Waals surface area contributed by atoms with E-state index in [9.17, 15) is 30.3 Å². The lowest BCUT2D eigenvalue weighted by Crippen LogP contribution is -2.81. The Morgan fingerprint density at radius 1 is 1.43 bits per heavy atom. The lowest BCUT2D eigenvalue weighted by molar-refractivity contribution is -0.305. The molecule has 0 radical (unpaired) electrons. The maximum atomic E-state index is 11.8. The molecule has 0 aromatic rings. The molecule has 2 heterocycles. The van der Waals surface area contributed by atoms with Gasteiger partial charge in [0, 0.05) is 0 Å². The number of ether oxygens (including phenoxy) is 1. The Balaban J connectivity index is 2.14. The monoisotopic (exact) mass is 303 g/mol. The molecule has 0 amide bonds. The number of carbonyl (C=O) groups is 1. The topological polar surface area (TPSA) is 178 Å². The number of aliphatic imine (C=N–C) groups is 1. The molecule has 1 saturated carbocycles. The van der Waals surface area contributed by atoms with Crippen LogP contribution in [0.15, 0.2) is 4.99 Å². The number of guanidine groups is 1. The van der Waals surface area contributed by atoms with Gasteiger partial charge in [-0.3, -0.25) is 0 Å². The van der Waals surface area contributed by atoms with E-state index in [1.54, 1.807) is 0 Å². The van der Waals surface area contributed by atoms with Crippen LogP contribution in [0.5, 0.6) is 0 Å². The van der Waals surface area contributed by atoms with Crippen LogP contribution in [0.25, 0.3) is 0 Å². The van der Waals surface area contributed by atoms with E-state index in [1.807, 2.05) is 0 Å². The Kier molecular flexibility index (Phi) is 2.94. The van der Waals surface area contributed by atoms with Gasteiger partial charge in [0.2, 0.25) is 5.72 Å². The minimum absolute atomic E-state index is 0.241. The van der Waals surface area contributed by atoms with Crippen LogP contribution in [0.4, 0.5) is 0 Å². The molecule has 7 atom stereocenters. The SMILES string of the molecule is NC1=NC(O)C2CC(O)(CO)C3C(O)C(=O)OC2(N1)C3O. The highest BCUT2D eigenvalue weighted by Gasteiger charge is 2.70. The van der Waals surface area contributed by atoms with Crippen molar-refractivity contribution in [3.8, 4) is 0 Å². The first-order valence-electron chi connectivity index (χ1n) is 6.47. The zero-order chi connectivity index (χ0) is 15.6. The quantitative estimate of drug-likeness (QED) is 0.235. The maximum Gasteiger partial charge on any atom is 0.337 e. The van der Waals surface area contributed by atoms with Gasteiger partial charge in [-0.25, -0.2) is 9.79 Å². The number of nitrogens with two attached hydrogens (primary N) is 1.